The Kier molecular flexibility index (Phi) is 8.07. The number of carboxylic acids is 1. The minimum absolute atomic E-state index is 0.226. The first kappa shape index (κ1) is 21.8. The Morgan fingerprint density at radius 2 is 1.97 bits per heavy atom. The Balaban J connectivity index is 1.44. The number of unbranched alkanes of at least 4 members (excludes halogenated alkanes) is 1. The van der Waals surface area contributed by atoms with Crippen LogP contribution in [0.3, 0.4) is 0 Å². The van der Waals surface area contributed by atoms with Gasteiger partial charge in [0.2, 0.25) is 0 Å². The lowest BCUT2D eigenvalue weighted by molar-refractivity contribution is -0.137. The summed E-state index contributed by atoms with van der Waals surface area (Å²) in [6, 6.07) is 8.22. The maximum absolute atomic E-state index is 10.6. The van der Waals surface area contributed by atoms with Gasteiger partial charge in [-0.15, -0.1) is 0 Å². The molecule has 0 aliphatic carbocycles. The molecule has 0 amide bonds. The Morgan fingerprint density at radius 1 is 1.24 bits per heavy atom. The van der Waals surface area contributed by atoms with E-state index in [2.05, 4.69) is 36.5 Å². The van der Waals surface area contributed by atoms with Gasteiger partial charge in [-0.2, -0.15) is 0 Å². The predicted molar refractivity (Wildman–Crippen MR) is 118 cm³/mol. The number of allylic oxidation sites excluding steroid dienone is 2. The molecule has 0 spiro atoms. The summed E-state index contributed by atoms with van der Waals surface area (Å²) in [5.41, 5.74) is 2.23. The van der Waals surface area contributed by atoms with Gasteiger partial charge in [-0.25, -0.2) is 0 Å². The number of aliphatic carboxylic acids is 1. The van der Waals surface area contributed by atoms with Gasteiger partial charge < -0.3 is 19.9 Å². The third-order valence-corrected chi connectivity index (χ3v) is 6.16. The van der Waals surface area contributed by atoms with E-state index in [-0.39, 0.29) is 12.5 Å². The highest BCUT2D eigenvalue weighted by Crippen LogP contribution is 2.45. The van der Waals surface area contributed by atoms with Gasteiger partial charge in [0.1, 0.15) is 0 Å². The van der Waals surface area contributed by atoms with Crippen LogP contribution in [0.15, 0.2) is 36.4 Å². The van der Waals surface area contributed by atoms with Crippen LogP contribution in [0.1, 0.15) is 51.0 Å². The lowest BCUT2D eigenvalue weighted by atomic mass is 9.78. The number of hydrogen-bond donors (Lipinski definition) is 2. The maximum Gasteiger partial charge on any atom is 0.303 e. The minimum Gasteiger partial charge on any atom is -0.481 e. The highest BCUT2D eigenvalue weighted by atomic mass is 32.1. The highest BCUT2D eigenvalue weighted by Gasteiger charge is 2.48. The molecule has 2 aliphatic rings. The molecule has 2 fully saturated rings. The zero-order chi connectivity index (χ0) is 20.6. The van der Waals surface area contributed by atoms with Crippen LogP contribution in [0, 0.1) is 11.8 Å². The molecule has 3 rings (SSSR count). The summed E-state index contributed by atoms with van der Waals surface area (Å²) in [5, 5.41) is 12.3. The van der Waals surface area contributed by atoms with Crippen molar-refractivity contribution in [1.29, 1.82) is 0 Å². The molecule has 0 aromatic heterocycles. The monoisotopic (exact) mass is 417 g/mol. The molecule has 0 radical (unpaired) electrons. The quantitative estimate of drug-likeness (QED) is 0.319. The fraction of sp³-hybridized carbons (Fsp3) is 0.565. The van der Waals surface area contributed by atoms with E-state index in [9.17, 15) is 4.79 Å². The lowest BCUT2D eigenvalue weighted by Gasteiger charge is -2.27. The van der Waals surface area contributed by atoms with Crippen molar-refractivity contribution < 1.29 is 19.4 Å². The smallest absolute Gasteiger partial charge is 0.303 e. The molecular formula is C23H31NO4S. The van der Waals surface area contributed by atoms with Crippen molar-refractivity contribution in [3.8, 4) is 0 Å². The number of fused-ring (bicyclic) bond motifs is 2. The standard InChI is InChI=1S/C23H31NO4S/c1-2-16-9-11-17(12-10-16)24-23(29)27-15-19-18(20-13-14-21(19)28-20)7-5-3-4-6-8-22(25)26/h3,5,9-12,18-21H,2,4,6-8,13-15H2,1H3,(H,24,29)(H,25,26)/b5-3-/t18-,19-,20-,21+/m1/s1. The van der Waals surface area contributed by atoms with E-state index in [1.165, 1.54) is 5.56 Å². The summed E-state index contributed by atoms with van der Waals surface area (Å²) in [6.07, 6.45) is 10.7. The van der Waals surface area contributed by atoms with E-state index >= 15 is 0 Å². The second kappa shape index (κ2) is 10.7. The summed E-state index contributed by atoms with van der Waals surface area (Å²) in [6.45, 7) is 2.70. The van der Waals surface area contributed by atoms with Crippen molar-refractivity contribution in [2.75, 3.05) is 11.9 Å². The Morgan fingerprint density at radius 3 is 2.66 bits per heavy atom. The predicted octanol–water partition coefficient (Wildman–Crippen LogP) is 4.96. The van der Waals surface area contributed by atoms with Crippen LogP contribution in [0.2, 0.25) is 0 Å². The summed E-state index contributed by atoms with van der Waals surface area (Å²) in [7, 11) is 0. The van der Waals surface area contributed by atoms with Gasteiger partial charge in [-0.1, -0.05) is 31.2 Å². The van der Waals surface area contributed by atoms with Gasteiger partial charge in [0.15, 0.2) is 0 Å². The van der Waals surface area contributed by atoms with E-state index in [0.717, 1.165) is 37.8 Å². The summed E-state index contributed by atoms with van der Waals surface area (Å²) in [5.74, 6) is 0.0544. The minimum atomic E-state index is -0.733. The van der Waals surface area contributed by atoms with E-state index in [1.54, 1.807) is 0 Å². The van der Waals surface area contributed by atoms with Gasteiger partial charge in [-0.05, 0) is 74.4 Å². The van der Waals surface area contributed by atoms with Crippen LogP contribution in [0.5, 0.6) is 0 Å². The lowest BCUT2D eigenvalue weighted by Crippen LogP contribution is -2.32. The third kappa shape index (κ3) is 6.28. The second-order valence-corrected chi connectivity index (χ2v) is 8.26. The van der Waals surface area contributed by atoms with Crippen molar-refractivity contribution >= 4 is 29.0 Å². The highest BCUT2D eigenvalue weighted by molar-refractivity contribution is 7.80. The number of hydrogen-bond acceptors (Lipinski definition) is 4. The van der Waals surface area contributed by atoms with E-state index in [4.69, 9.17) is 26.8 Å². The summed E-state index contributed by atoms with van der Waals surface area (Å²) in [4.78, 5) is 10.6. The molecule has 0 saturated carbocycles. The average molecular weight is 418 g/mol. The number of ether oxygens (including phenoxy) is 2. The number of nitrogens with one attached hydrogen (secondary N) is 1. The number of carbonyl (C=O) groups is 1. The molecule has 5 nitrogen and oxygen atoms in total. The van der Waals surface area contributed by atoms with Crippen molar-refractivity contribution in [3.05, 3.63) is 42.0 Å². The number of aryl methyl sites for hydroxylation is 1. The Hall–Kier alpha value is -1.92. The molecule has 6 heteroatoms. The van der Waals surface area contributed by atoms with Crippen LogP contribution >= 0.6 is 12.2 Å². The SMILES string of the molecule is CCc1ccc(NC(=S)OC[C@@H]2[C@@H](C/C=C\CCCC(=O)O)[C@H]3CC[C@@H]2O3)cc1. The zero-order valence-corrected chi connectivity index (χ0v) is 17.8. The normalized spacial score (nSPS) is 25.4. The second-order valence-electron chi connectivity index (χ2n) is 7.89. The zero-order valence-electron chi connectivity index (χ0n) is 17.0. The molecule has 158 valence electrons. The number of anilines is 1. The first-order valence-electron chi connectivity index (χ1n) is 10.6. The van der Waals surface area contributed by atoms with Crippen molar-refractivity contribution in [2.24, 2.45) is 11.8 Å². The molecule has 1 aromatic carbocycles. The van der Waals surface area contributed by atoms with Crippen LogP contribution in [0.25, 0.3) is 0 Å². The number of benzene rings is 1. The fourth-order valence-corrected chi connectivity index (χ4v) is 4.51. The fourth-order valence-electron chi connectivity index (χ4n) is 4.32. The van der Waals surface area contributed by atoms with Gasteiger partial charge in [0, 0.05) is 18.0 Å². The molecular weight excluding hydrogens is 386 g/mol. The van der Waals surface area contributed by atoms with E-state index < -0.39 is 5.97 Å². The van der Waals surface area contributed by atoms with Crippen molar-refractivity contribution in [3.63, 3.8) is 0 Å². The van der Waals surface area contributed by atoms with Crippen LogP contribution < -0.4 is 5.32 Å². The van der Waals surface area contributed by atoms with Crippen molar-refractivity contribution in [2.45, 2.75) is 64.1 Å². The third-order valence-electron chi connectivity index (χ3n) is 5.94. The number of carboxylic acid groups (broad SMARTS) is 1. The topological polar surface area (TPSA) is 67.8 Å². The van der Waals surface area contributed by atoms with E-state index in [0.29, 0.717) is 36.1 Å². The number of thiocarbonyl (C=S) groups is 1. The molecule has 2 N–H and O–H groups in total. The molecule has 0 unspecified atom stereocenters. The van der Waals surface area contributed by atoms with Gasteiger partial charge in [0.05, 0.1) is 18.8 Å². The molecule has 2 bridgehead atoms. The van der Waals surface area contributed by atoms with Gasteiger partial charge in [-0.3, -0.25) is 4.79 Å². The largest absolute Gasteiger partial charge is 0.481 e. The van der Waals surface area contributed by atoms with Gasteiger partial charge in [0.25, 0.3) is 5.17 Å². The molecule has 4 atom stereocenters. The molecule has 1 aromatic rings. The number of rotatable bonds is 10. The summed E-state index contributed by atoms with van der Waals surface area (Å²) >= 11 is 5.38. The van der Waals surface area contributed by atoms with Gasteiger partial charge >= 0.3 is 5.97 Å². The first-order valence-corrected chi connectivity index (χ1v) is 11.0. The van der Waals surface area contributed by atoms with Crippen LogP contribution in [0.4, 0.5) is 5.69 Å². The van der Waals surface area contributed by atoms with Crippen LogP contribution in [-0.4, -0.2) is 35.1 Å². The Bertz CT molecular complexity index is 718. The molecule has 2 saturated heterocycles. The van der Waals surface area contributed by atoms with Crippen LogP contribution in [-0.2, 0) is 20.7 Å². The van der Waals surface area contributed by atoms with Crippen molar-refractivity contribution in [1.82, 2.24) is 0 Å². The maximum atomic E-state index is 10.6. The summed E-state index contributed by atoms with van der Waals surface area (Å²) < 4.78 is 12.0. The molecule has 2 aliphatic heterocycles. The Labute approximate surface area is 178 Å². The first-order chi connectivity index (χ1) is 14.1. The molecule has 2 heterocycles. The molecule has 29 heavy (non-hydrogen) atoms. The van der Waals surface area contributed by atoms with E-state index in [1.807, 2.05) is 12.1 Å². The average Bonchev–Trinajstić information content (AvgIpc) is 3.31.